The number of hydrogen-bond donors (Lipinski definition) is 1. The summed E-state index contributed by atoms with van der Waals surface area (Å²) >= 11 is 17.5. The summed E-state index contributed by atoms with van der Waals surface area (Å²) in [7, 11) is 0. The fraction of sp³-hybridized carbons (Fsp3) is 0.275. The van der Waals surface area contributed by atoms with E-state index in [1.54, 1.807) is 46.5 Å². The van der Waals surface area contributed by atoms with Gasteiger partial charge in [-0.2, -0.15) is 10.2 Å². The number of aromatic amines is 1. The number of halogens is 5. The average Bonchev–Trinajstić information content (AvgIpc) is 4.01. The molecule has 17 nitrogen and oxygen atoms in total. The minimum atomic E-state index is -0.348. The van der Waals surface area contributed by atoms with Crippen molar-refractivity contribution in [1.82, 2.24) is 49.7 Å². The molecule has 2 atom stereocenters. The van der Waals surface area contributed by atoms with Crippen molar-refractivity contribution in [2.75, 3.05) is 54.9 Å². The number of carbonyl (C=O) groups excluding carboxylic acids is 3. The fourth-order valence-electron chi connectivity index (χ4n) is 8.53. The van der Waals surface area contributed by atoms with E-state index >= 15 is 0 Å². The summed E-state index contributed by atoms with van der Waals surface area (Å²) < 4.78 is 30.2. The monoisotopic (exact) mass is 1130 g/mol. The Morgan fingerprint density at radius 2 is 1.24 bits per heavy atom. The van der Waals surface area contributed by atoms with Crippen LogP contribution in [0.25, 0.3) is 44.8 Å². The third-order valence-electron chi connectivity index (χ3n) is 12.1. The van der Waals surface area contributed by atoms with E-state index < -0.39 is 0 Å². The van der Waals surface area contributed by atoms with Gasteiger partial charge in [0.15, 0.2) is 11.3 Å². The first kappa shape index (κ1) is 61.8. The molecule has 2 aliphatic rings. The molecule has 2 aliphatic heterocycles. The van der Waals surface area contributed by atoms with Crippen LogP contribution < -0.4 is 118 Å². The fourth-order valence-corrected chi connectivity index (χ4v) is 8.98. The van der Waals surface area contributed by atoms with Gasteiger partial charge in [0.05, 0.1) is 28.5 Å². The van der Waals surface area contributed by atoms with Gasteiger partial charge in [-0.05, 0) is 112 Å². The molecule has 0 aliphatic carbocycles. The van der Waals surface area contributed by atoms with Gasteiger partial charge in [-0.1, -0.05) is 35.3 Å². The van der Waals surface area contributed by atoms with Crippen molar-refractivity contribution in [3.05, 3.63) is 143 Å². The van der Waals surface area contributed by atoms with Gasteiger partial charge in [0.25, 0.3) is 6.47 Å². The number of nitrogens with one attached hydrogen (secondary N) is 1. The molecule has 0 unspecified atom stereocenters. The van der Waals surface area contributed by atoms with Gasteiger partial charge in [-0.25, -0.2) is 23.4 Å². The van der Waals surface area contributed by atoms with E-state index in [-0.39, 0.29) is 159 Å². The maximum Gasteiger partial charge on any atom is 1.00 e. The predicted molar refractivity (Wildman–Crippen MR) is 276 cm³/mol. The summed E-state index contributed by atoms with van der Waals surface area (Å²) in [6, 6.07) is 25.2. The van der Waals surface area contributed by atoms with Crippen LogP contribution >= 0.6 is 34.8 Å². The Hall–Kier alpha value is -4.05. The van der Waals surface area contributed by atoms with Gasteiger partial charge < -0.3 is 31.2 Å². The zero-order chi connectivity index (χ0) is 52.2. The largest absolute Gasteiger partial charge is 1.00 e. The molecule has 75 heavy (non-hydrogen) atoms. The Labute approximate surface area is 533 Å². The number of H-pyrrole nitrogens is 1. The molecule has 2 amide bonds. The number of hydrogen-bond acceptors (Lipinski definition) is 13. The van der Waals surface area contributed by atoms with Crippen LogP contribution in [0.2, 0.25) is 10.0 Å². The van der Waals surface area contributed by atoms with Gasteiger partial charge in [0.2, 0.25) is 11.8 Å². The van der Waals surface area contributed by atoms with Crippen molar-refractivity contribution in [2.45, 2.75) is 46.3 Å². The number of aromatic nitrogens is 8. The second-order valence-corrected chi connectivity index (χ2v) is 18.1. The van der Waals surface area contributed by atoms with Crippen molar-refractivity contribution in [2.24, 2.45) is 0 Å². The summed E-state index contributed by atoms with van der Waals surface area (Å²) in [5.74, 6) is -0.823. The molecule has 0 bridgehead atoms. The van der Waals surface area contributed by atoms with Crippen LogP contribution in [0.5, 0.6) is 0 Å². The normalized spacial score (nSPS) is 15.0. The van der Waals surface area contributed by atoms with Crippen LogP contribution in [-0.4, -0.2) is 125 Å². The molecule has 0 saturated carbocycles. The summed E-state index contributed by atoms with van der Waals surface area (Å²) in [4.78, 5) is 61.0. The Morgan fingerprint density at radius 1 is 0.733 bits per heavy atom. The van der Waals surface area contributed by atoms with Crippen molar-refractivity contribution in [1.29, 1.82) is 0 Å². The number of alkyl halides is 1. The van der Waals surface area contributed by atoms with E-state index in [0.29, 0.717) is 72.0 Å². The Morgan fingerprint density at radius 3 is 1.75 bits per heavy atom. The number of benzene rings is 2. The third kappa shape index (κ3) is 15.6. The van der Waals surface area contributed by atoms with E-state index in [2.05, 4.69) is 40.1 Å². The second kappa shape index (κ2) is 29.6. The van der Waals surface area contributed by atoms with Crippen LogP contribution in [0.15, 0.2) is 110 Å². The minimum Gasteiger partial charge on any atom is -1.00 e. The van der Waals surface area contributed by atoms with Crippen LogP contribution in [0.1, 0.15) is 26.4 Å². The topological polar surface area (TPSA) is 195 Å². The zero-order valence-corrected chi connectivity index (χ0v) is 50.6. The molecule has 8 aromatic rings. The van der Waals surface area contributed by atoms with Gasteiger partial charge in [0.1, 0.15) is 29.8 Å². The van der Waals surface area contributed by atoms with Crippen LogP contribution in [0, 0.1) is 25.5 Å². The number of pyridine rings is 4. The molecule has 10 rings (SSSR count). The quantitative estimate of drug-likeness (QED) is 0.0765. The summed E-state index contributed by atoms with van der Waals surface area (Å²) in [6.45, 7) is 10.8. The number of anilines is 2. The number of amides is 2. The molecule has 0 spiro atoms. The van der Waals surface area contributed by atoms with Gasteiger partial charge in [-0.15, -0.1) is 11.6 Å². The van der Waals surface area contributed by atoms with Crippen LogP contribution in [-0.2, 0) is 25.8 Å². The smallest absolute Gasteiger partial charge is 1.00 e. The molecule has 6 aromatic heterocycles. The number of rotatable bonds is 8. The first-order valence-electron chi connectivity index (χ1n) is 22.9. The molecule has 1 N–H and O–H groups in total. The molecule has 2 aromatic carbocycles. The maximum atomic E-state index is 14.5. The zero-order valence-electron chi connectivity index (χ0n) is 43.1. The van der Waals surface area contributed by atoms with Crippen molar-refractivity contribution in [3.8, 4) is 22.8 Å². The van der Waals surface area contributed by atoms with Crippen molar-refractivity contribution >= 4 is 86.5 Å². The minimum absolute atomic E-state index is 0. The van der Waals surface area contributed by atoms with Gasteiger partial charge in [0, 0.05) is 97.0 Å². The molecule has 2 saturated heterocycles. The van der Waals surface area contributed by atoms with Crippen molar-refractivity contribution < 1.29 is 138 Å². The summed E-state index contributed by atoms with van der Waals surface area (Å²) in [5.41, 5.74) is 7.31. The van der Waals surface area contributed by atoms with Gasteiger partial charge in [-0.3, -0.25) is 29.5 Å². The van der Waals surface area contributed by atoms with Gasteiger partial charge >= 0.3 is 103 Å². The first-order chi connectivity index (χ1) is 35.2. The first-order valence-corrected chi connectivity index (χ1v) is 24.2. The standard InChI is InChI=1S/C25H24ClFN6O.C14H17Cl2FN2O.C11H8N4.CH2O3.2K.H/c1-16-12-22(20(27)13-19(16)26)31-10-11-32(17(2)14-31)23(34)15-33-25-18(6-5-9-29-25)24(30-33)21-7-3-4-8-28-21;1-9-5-13(12(17)6-11(9)16)18-3-4-19(10(2)8-18)14(20)7-15;1-2-6-12-9(5-1)10-8-4-3-7-13-11(8)15-14-10;2-1-4-3;;;/h3-9,12-13,17H,10-11,14-15H2,1-2H3;5-6,10H,3-4,7-8H2,1-2H3;1-7H,(H,13,14,15);1,3H;;;/q;;;;2*+1;-1/p-1/t17-;10-;;;;;/m00...../s1. The summed E-state index contributed by atoms with van der Waals surface area (Å²) in [5, 5.41) is 22.9. The van der Waals surface area contributed by atoms with Crippen LogP contribution in [0.3, 0.4) is 0 Å². The molecule has 382 valence electrons. The molecule has 2 fully saturated rings. The number of fused-ring (bicyclic) bond motifs is 2. The van der Waals surface area contributed by atoms with Crippen LogP contribution in [0.4, 0.5) is 20.2 Å². The Balaban J connectivity index is 0.000000253. The number of nitrogens with zero attached hydrogens (tertiary/aromatic N) is 11. The third-order valence-corrected chi connectivity index (χ3v) is 13.2. The SMILES string of the molecule is Cc1cc(N2CCN(C(=O)CCl)[C@@H](C)C2)c(F)cc1Cl.Cc1cc(N2CCN(C(=O)Cn3nc(-c4ccccn4)c4cccnc43)[C@@H](C)C2)c(F)cc1Cl.O=CO[O-].[H-].[K+].[K+].c1ccc(-c2[nH]nc3ncccc23)nc1. The molecular formula is C51H51Cl3F2K2N12O5. The molecule has 24 heteroatoms. The number of aryl methyl sites for hydroxylation is 2. The molecule has 0 radical (unpaired) electrons. The maximum absolute atomic E-state index is 14.5. The van der Waals surface area contributed by atoms with E-state index in [0.717, 1.165) is 44.6 Å². The van der Waals surface area contributed by atoms with E-state index in [1.807, 2.05) is 103 Å². The second-order valence-electron chi connectivity index (χ2n) is 17.0. The number of carbonyl (C=O) groups is 3. The predicted octanol–water partition coefficient (Wildman–Crippen LogP) is 1.97. The molecular weight excluding hydrogens is 1080 g/mol. The van der Waals surface area contributed by atoms with E-state index in [4.69, 9.17) is 44.9 Å². The van der Waals surface area contributed by atoms with E-state index in [9.17, 15) is 18.4 Å². The van der Waals surface area contributed by atoms with Crippen molar-refractivity contribution in [3.63, 3.8) is 0 Å². The summed E-state index contributed by atoms with van der Waals surface area (Å²) in [6.07, 6.45) is 6.90. The Bertz CT molecular complexity index is 3190. The van der Waals surface area contributed by atoms with E-state index in [1.165, 1.54) is 12.1 Å². The molecule has 8 heterocycles. The Kier molecular flexibility index (Phi) is 24.4. The average molecular weight is 1130 g/mol. The number of piperazine rings is 2.